The van der Waals surface area contributed by atoms with E-state index >= 15 is 0 Å². The summed E-state index contributed by atoms with van der Waals surface area (Å²) in [6, 6.07) is 2.16. The molecule has 1 N–H and O–H groups in total. The van der Waals surface area contributed by atoms with Crippen molar-refractivity contribution in [2.75, 3.05) is 5.32 Å². The van der Waals surface area contributed by atoms with Crippen LogP contribution in [-0.2, 0) is 16.6 Å². The van der Waals surface area contributed by atoms with E-state index in [1.54, 1.807) is 10.7 Å². The van der Waals surface area contributed by atoms with Gasteiger partial charge in [-0.25, -0.2) is 0 Å². The van der Waals surface area contributed by atoms with Crippen molar-refractivity contribution in [1.29, 1.82) is 0 Å². The summed E-state index contributed by atoms with van der Waals surface area (Å²) in [5.41, 5.74) is 0.935. The first kappa shape index (κ1) is 15.1. The molecule has 6 heteroatoms. The molecule has 1 aromatic heterocycles. The zero-order valence-corrected chi connectivity index (χ0v) is 13.5. The number of nitrogens with one attached hydrogen (secondary N) is 1. The van der Waals surface area contributed by atoms with Crippen LogP contribution in [0.4, 0.5) is 5.82 Å². The van der Waals surface area contributed by atoms with Crippen molar-refractivity contribution in [3.63, 3.8) is 0 Å². The Morgan fingerprint density at radius 1 is 1.32 bits per heavy atom. The summed E-state index contributed by atoms with van der Waals surface area (Å²) < 4.78 is 1.68. The fraction of sp³-hybridized carbons (Fsp3) is 0.688. The third-order valence-corrected chi connectivity index (χ3v) is 5.13. The van der Waals surface area contributed by atoms with Crippen LogP contribution in [-0.4, -0.2) is 38.6 Å². The third kappa shape index (κ3) is 2.62. The quantitative estimate of drug-likeness (QED) is 0.805. The normalized spacial score (nSPS) is 27.6. The van der Waals surface area contributed by atoms with Gasteiger partial charge < -0.3 is 10.2 Å². The molecule has 0 bridgehead atoms. The monoisotopic (exact) mass is 304 g/mol. The lowest BCUT2D eigenvalue weighted by atomic mass is 9.85. The van der Waals surface area contributed by atoms with Gasteiger partial charge in [0.1, 0.15) is 0 Å². The zero-order valence-electron chi connectivity index (χ0n) is 13.5. The Balaban J connectivity index is 1.71. The number of hydrogen-bond acceptors (Lipinski definition) is 3. The molecule has 120 valence electrons. The highest BCUT2D eigenvalue weighted by Crippen LogP contribution is 2.39. The van der Waals surface area contributed by atoms with Gasteiger partial charge in [-0.3, -0.25) is 14.3 Å². The second kappa shape index (κ2) is 5.74. The lowest BCUT2D eigenvalue weighted by Crippen LogP contribution is -2.47. The standard InChI is InChI=1S/C16H24N4O2/c1-10-9-14(18-19(10)3)17-15(21)16(22)20-11(2)8-12-6-4-5-7-13(12)20/h9,11-13H,4-8H2,1-3H3,(H,17,18,21). The van der Waals surface area contributed by atoms with Crippen LogP contribution in [0.1, 0.15) is 44.7 Å². The maximum Gasteiger partial charge on any atom is 0.315 e. The topological polar surface area (TPSA) is 67.2 Å². The number of nitrogens with zero attached hydrogens (tertiary/aromatic N) is 3. The summed E-state index contributed by atoms with van der Waals surface area (Å²) >= 11 is 0. The van der Waals surface area contributed by atoms with E-state index in [1.165, 1.54) is 12.8 Å². The highest BCUT2D eigenvalue weighted by molar-refractivity contribution is 6.39. The molecule has 6 nitrogen and oxygen atoms in total. The molecule has 0 radical (unpaired) electrons. The molecular weight excluding hydrogens is 280 g/mol. The molecule has 0 aromatic carbocycles. The first-order chi connectivity index (χ1) is 10.5. The zero-order chi connectivity index (χ0) is 15.9. The molecule has 3 atom stereocenters. The average Bonchev–Trinajstić information content (AvgIpc) is 2.97. The van der Waals surface area contributed by atoms with E-state index in [0.717, 1.165) is 25.0 Å². The smallest absolute Gasteiger partial charge is 0.315 e. The van der Waals surface area contributed by atoms with Crippen molar-refractivity contribution in [1.82, 2.24) is 14.7 Å². The predicted octanol–water partition coefficient (Wildman–Crippen LogP) is 1.85. The molecule has 3 unspecified atom stereocenters. The second-order valence-corrected chi connectivity index (χ2v) is 6.66. The van der Waals surface area contributed by atoms with E-state index in [-0.39, 0.29) is 12.1 Å². The molecular formula is C16H24N4O2. The number of amides is 2. The van der Waals surface area contributed by atoms with E-state index < -0.39 is 11.8 Å². The number of fused-ring (bicyclic) bond motifs is 1. The summed E-state index contributed by atoms with van der Waals surface area (Å²) in [4.78, 5) is 26.7. The van der Waals surface area contributed by atoms with Gasteiger partial charge in [-0.05, 0) is 39.0 Å². The van der Waals surface area contributed by atoms with Crippen LogP contribution >= 0.6 is 0 Å². The largest absolute Gasteiger partial charge is 0.328 e. The number of likely N-dealkylation sites (tertiary alicyclic amines) is 1. The Morgan fingerprint density at radius 3 is 2.73 bits per heavy atom. The molecule has 1 saturated heterocycles. The SMILES string of the molecule is Cc1cc(NC(=O)C(=O)N2C(C)CC3CCCCC32)nn1C. The van der Waals surface area contributed by atoms with Crippen LogP contribution in [0.5, 0.6) is 0 Å². The summed E-state index contributed by atoms with van der Waals surface area (Å²) in [5.74, 6) is 0.0179. The van der Waals surface area contributed by atoms with Gasteiger partial charge in [0, 0.05) is 30.9 Å². The van der Waals surface area contributed by atoms with E-state index in [4.69, 9.17) is 0 Å². The maximum absolute atomic E-state index is 12.6. The minimum atomic E-state index is -0.573. The van der Waals surface area contributed by atoms with Crippen LogP contribution in [0.3, 0.4) is 0 Å². The van der Waals surface area contributed by atoms with E-state index in [0.29, 0.717) is 11.7 Å². The number of carbonyl (C=O) groups is 2. The lowest BCUT2D eigenvalue weighted by molar-refractivity contribution is -0.145. The Morgan fingerprint density at radius 2 is 2.05 bits per heavy atom. The van der Waals surface area contributed by atoms with Gasteiger partial charge in [-0.2, -0.15) is 5.10 Å². The minimum Gasteiger partial charge on any atom is -0.328 e. The molecule has 0 spiro atoms. The first-order valence-corrected chi connectivity index (χ1v) is 8.11. The number of anilines is 1. The number of rotatable bonds is 1. The molecule has 2 aliphatic rings. The summed E-state index contributed by atoms with van der Waals surface area (Å²) in [5, 5.41) is 6.81. The lowest BCUT2D eigenvalue weighted by Gasteiger charge is -2.32. The number of aromatic nitrogens is 2. The minimum absolute atomic E-state index is 0.150. The van der Waals surface area contributed by atoms with Gasteiger partial charge in [0.05, 0.1) is 0 Å². The molecule has 22 heavy (non-hydrogen) atoms. The fourth-order valence-electron chi connectivity index (χ4n) is 3.97. The molecule has 1 aliphatic carbocycles. The second-order valence-electron chi connectivity index (χ2n) is 6.66. The number of carbonyl (C=O) groups excluding carboxylic acids is 2. The van der Waals surface area contributed by atoms with Gasteiger partial charge in [0.15, 0.2) is 5.82 Å². The van der Waals surface area contributed by atoms with Gasteiger partial charge in [-0.15, -0.1) is 0 Å². The fourth-order valence-corrected chi connectivity index (χ4v) is 3.97. The molecule has 2 heterocycles. The summed E-state index contributed by atoms with van der Waals surface area (Å²) in [7, 11) is 1.81. The van der Waals surface area contributed by atoms with E-state index in [2.05, 4.69) is 17.3 Å². The molecule has 1 saturated carbocycles. The summed E-state index contributed by atoms with van der Waals surface area (Å²) in [6.07, 6.45) is 5.62. The maximum atomic E-state index is 12.6. The highest BCUT2D eigenvalue weighted by atomic mass is 16.2. The van der Waals surface area contributed by atoms with Crippen molar-refractivity contribution < 1.29 is 9.59 Å². The van der Waals surface area contributed by atoms with Gasteiger partial charge in [0.25, 0.3) is 0 Å². The molecule has 2 fully saturated rings. The molecule has 2 amide bonds. The number of hydrogen-bond donors (Lipinski definition) is 1. The molecule has 1 aliphatic heterocycles. The predicted molar refractivity (Wildman–Crippen MR) is 83.2 cm³/mol. The van der Waals surface area contributed by atoms with Gasteiger partial charge >= 0.3 is 11.8 Å². The Kier molecular flexibility index (Phi) is 3.93. The van der Waals surface area contributed by atoms with Crippen LogP contribution in [0, 0.1) is 12.8 Å². The highest BCUT2D eigenvalue weighted by Gasteiger charge is 2.44. The van der Waals surface area contributed by atoms with Crippen molar-refractivity contribution in [3.8, 4) is 0 Å². The van der Waals surface area contributed by atoms with Crippen LogP contribution in [0.15, 0.2) is 6.07 Å². The van der Waals surface area contributed by atoms with Gasteiger partial charge in [-0.1, -0.05) is 12.8 Å². The number of aryl methyl sites for hydroxylation is 2. The Labute approximate surface area is 130 Å². The van der Waals surface area contributed by atoms with Crippen LogP contribution in [0.2, 0.25) is 0 Å². The first-order valence-electron chi connectivity index (χ1n) is 8.11. The van der Waals surface area contributed by atoms with Gasteiger partial charge in [0.2, 0.25) is 0 Å². The van der Waals surface area contributed by atoms with E-state index in [1.807, 2.05) is 18.9 Å². The Hall–Kier alpha value is -1.85. The van der Waals surface area contributed by atoms with Crippen molar-refractivity contribution in [2.45, 2.75) is 58.0 Å². The van der Waals surface area contributed by atoms with Crippen molar-refractivity contribution in [2.24, 2.45) is 13.0 Å². The van der Waals surface area contributed by atoms with Crippen molar-refractivity contribution in [3.05, 3.63) is 11.8 Å². The third-order valence-electron chi connectivity index (χ3n) is 5.13. The molecule has 1 aromatic rings. The van der Waals surface area contributed by atoms with Crippen molar-refractivity contribution >= 4 is 17.6 Å². The summed E-state index contributed by atoms with van der Waals surface area (Å²) in [6.45, 7) is 3.95. The average molecular weight is 304 g/mol. The molecule has 3 rings (SSSR count). The van der Waals surface area contributed by atoms with E-state index in [9.17, 15) is 9.59 Å². The Bertz CT molecular complexity index is 575. The van der Waals surface area contributed by atoms with Crippen LogP contribution in [0.25, 0.3) is 0 Å². The van der Waals surface area contributed by atoms with Crippen LogP contribution < -0.4 is 5.32 Å².